The number of rotatable bonds is 5. The average Bonchev–Trinajstić information content (AvgIpc) is 3.01. The minimum Gasteiger partial charge on any atom is -0.467 e. The molecule has 0 bridgehead atoms. The predicted octanol–water partition coefficient (Wildman–Crippen LogP) is 1.60. The summed E-state index contributed by atoms with van der Waals surface area (Å²) >= 11 is 0. The molecule has 0 fully saturated rings. The van der Waals surface area contributed by atoms with E-state index in [0.717, 1.165) is 6.07 Å². The molecule has 0 aliphatic carbocycles. The molecule has 0 radical (unpaired) electrons. The number of amides is 2. The summed E-state index contributed by atoms with van der Waals surface area (Å²) in [6.07, 6.45) is 0.775. The van der Waals surface area contributed by atoms with Gasteiger partial charge < -0.3 is 20.2 Å². The molecule has 22 heavy (non-hydrogen) atoms. The fourth-order valence-corrected chi connectivity index (χ4v) is 1.78. The van der Waals surface area contributed by atoms with Gasteiger partial charge in [0.2, 0.25) is 0 Å². The van der Waals surface area contributed by atoms with Crippen molar-refractivity contribution >= 4 is 17.5 Å². The van der Waals surface area contributed by atoms with Gasteiger partial charge in [-0.15, -0.1) is 0 Å². The monoisotopic (exact) mass is 306 g/mol. The second kappa shape index (κ2) is 7.37. The Morgan fingerprint density at radius 3 is 2.73 bits per heavy atom. The van der Waals surface area contributed by atoms with Gasteiger partial charge >= 0.3 is 11.8 Å². The minimum atomic E-state index is -0.905. The zero-order chi connectivity index (χ0) is 15.9. The third kappa shape index (κ3) is 4.42. The van der Waals surface area contributed by atoms with Gasteiger partial charge in [0.25, 0.3) is 0 Å². The lowest BCUT2D eigenvalue weighted by atomic mass is 10.2. The number of hydrogen-bond donors (Lipinski definition) is 3. The molecule has 1 unspecified atom stereocenters. The van der Waals surface area contributed by atoms with Crippen molar-refractivity contribution in [2.24, 2.45) is 0 Å². The molecule has 2 aromatic rings. The van der Waals surface area contributed by atoms with Crippen LogP contribution in [0.4, 0.5) is 10.1 Å². The zero-order valence-corrected chi connectivity index (χ0v) is 11.6. The number of hydrogen-bond acceptors (Lipinski definition) is 4. The van der Waals surface area contributed by atoms with Gasteiger partial charge in [-0.1, -0.05) is 6.07 Å². The van der Waals surface area contributed by atoms with Crippen LogP contribution in [0.15, 0.2) is 47.1 Å². The van der Waals surface area contributed by atoms with Gasteiger partial charge in [-0.3, -0.25) is 9.59 Å². The molecule has 0 saturated carbocycles. The van der Waals surface area contributed by atoms with Crippen LogP contribution >= 0.6 is 0 Å². The smallest absolute Gasteiger partial charge is 0.313 e. The van der Waals surface area contributed by atoms with E-state index in [2.05, 4.69) is 10.6 Å². The molecule has 0 aliphatic rings. The van der Waals surface area contributed by atoms with Crippen LogP contribution in [0.2, 0.25) is 0 Å². The molecule has 0 aliphatic heterocycles. The number of anilines is 1. The third-order valence-electron chi connectivity index (χ3n) is 2.86. The first-order chi connectivity index (χ1) is 10.6. The summed E-state index contributed by atoms with van der Waals surface area (Å²) in [6.45, 7) is 0.0945. The van der Waals surface area contributed by atoms with Crippen molar-refractivity contribution in [1.82, 2.24) is 5.32 Å². The summed E-state index contributed by atoms with van der Waals surface area (Å²) in [5.41, 5.74) is 0.191. The van der Waals surface area contributed by atoms with E-state index in [1.54, 1.807) is 12.1 Å². The molecule has 1 aromatic heterocycles. The number of aliphatic hydroxyl groups excluding tert-OH is 1. The molecule has 6 nitrogen and oxygen atoms in total. The molecule has 1 aromatic carbocycles. The molecule has 0 saturated heterocycles. The van der Waals surface area contributed by atoms with E-state index >= 15 is 0 Å². The molecule has 1 atom stereocenters. The lowest BCUT2D eigenvalue weighted by Crippen LogP contribution is -2.36. The molecular weight excluding hydrogens is 291 g/mol. The van der Waals surface area contributed by atoms with Crippen LogP contribution < -0.4 is 10.6 Å². The van der Waals surface area contributed by atoms with Crippen LogP contribution in [-0.4, -0.2) is 23.5 Å². The van der Waals surface area contributed by atoms with Crippen molar-refractivity contribution in [2.45, 2.75) is 12.5 Å². The Morgan fingerprint density at radius 1 is 1.23 bits per heavy atom. The van der Waals surface area contributed by atoms with E-state index in [9.17, 15) is 19.1 Å². The second-order valence-electron chi connectivity index (χ2n) is 4.54. The Hall–Kier alpha value is -2.67. The van der Waals surface area contributed by atoms with Crippen LogP contribution in [0.3, 0.4) is 0 Å². The number of benzene rings is 1. The van der Waals surface area contributed by atoms with Crippen LogP contribution in [0, 0.1) is 5.82 Å². The van der Waals surface area contributed by atoms with E-state index in [1.807, 2.05) is 0 Å². The Balaban J connectivity index is 1.76. The van der Waals surface area contributed by atoms with Crippen molar-refractivity contribution < 1.29 is 23.5 Å². The lowest BCUT2D eigenvalue weighted by Gasteiger charge is -2.09. The summed E-state index contributed by atoms with van der Waals surface area (Å²) in [5, 5.41) is 14.4. The Kier molecular flexibility index (Phi) is 5.26. The molecule has 1 heterocycles. The maximum Gasteiger partial charge on any atom is 0.313 e. The molecule has 0 spiro atoms. The standard InChI is InChI=1S/C15H15FN2O4/c16-10-3-1-4-11(9-10)18-15(21)14(20)17-7-6-12(19)13-5-2-8-22-13/h1-5,8-9,12,19H,6-7H2,(H,17,20)(H,18,21). The number of nitrogens with one attached hydrogen (secondary N) is 2. The number of carbonyl (C=O) groups excluding carboxylic acids is 2. The number of furan rings is 1. The van der Waals surface area contributed by atoms with Gasteiger partial charge in [0, 0.05) is 12.2 Å². The number of aliphatic hydroxyl groups is 1. The first-order valence-electron chi connectivity index (χ1n) is 6.62. The summed E-state index contributed by atoms with van der Waals surface area (Å²) in [6, 6.07) is 8.47. The highest BCUT2D eigenvalue weighted by atomic mass is 19.1. The summed E-state index contributed by atoms with van der Waals surface area (Å²) in [4.78, 5) is 23.2. The van der Waals surface area contributed by atoms with Gasteiger partial charge in [0.05, 0.1) is 6.26 Å². The van der Waals surface area contributed by atoms with Crippen molar-refractivity contribution in [2.75, 3.05) is 11.9 Å². The van der Waals surface area contributed by atoms with E-state index < -0.39 is 23.7 Å². The van der Waals surface area contributed by atoms with Crippen molar-refractivity contribution in [1.29, 1.82) is 0 Å². The quantitative estimate of drug-likeness (QED) is 0.732. The zero-order valence-electron chi connectivity index (χ0n) is 11.6. The van der Waals surface area contributed by atoms with Crippen LogP contribution in [-0.2, 0) is 9.59 Å². The summed E-state index contributed by atoms with van der Waals surface area (Å²) < 4.78 is 18.0. The summed E-state index contributed by atoms with van der Waals surface area (Å²) in [7, 11) is 0. The van der Waals surface area contributed by atoms with Crippen LogP contribution in [0.25, 0.3) is 0 Å². The Labute approximate surface area is 125 Å². The number of carbonyl (C=O) groups is 2. The normalized spacial score (nSPS) is 11.7. The van der Waals surface area contributed by atoms with E-state index in [-0.39, 0.29) is 18.7 Å². The fraction of sp³-hybridized carbons (Fsp3) is 0.200. The van der Waals surface area contributed by atoms with Crippen molar-refractivity contribution in [3.8, 4) is 0 Å². The third-order valence-corrected chi connectivity index (χ3v) is 2.86. The van der Waals surface area contributed by atoms with E-state index in [4.69, 9.17) is 4.42 Å². The highest BCUT2D eigenvalue weighted by molar-refractivity contribution is 6.39. The van der Waals surface area contributed by atoms with Gasteiger partial charge in [-0.2, -0.15) is 0 Å². The molecule has 3 N–H and O–H groups in total. The summed E-state index contributed by atoms with van der Waals surface area (Å²) in [5.74, 6) is -1.90. The minimum absolute atomic E-state index is 0.0945. The maximum absolute atomic E-state index is 13.0. The van der Waals surface area contributed by atoms with Crippen molar-refractivity contribution in [3.05, 3.63) is 54.2 Å². The Bertz CT molecular complexity index is 643. The first kappa shape index (κ1) is 15.7. The van der Waals surface area contributed by atoms with Gasteiger partial charge in [0.1, 0.15) is 17.7 Å². The maximum atomic E-state index is 13.0. The highest BCUT2D eigenvalue weighted by Gasteiger charge is 2.15. The molecule has 2 amide bonds. The first-order valence-corrected chi connectivity index (χ1v) is 6.62. The van der Waals surface area contributed by atoms with Crippen LogP contribution in [0.1, 0.15) is 18.3 Å². The molecule has 116 valence electrons. The predicted molar refractivity (Wildman–Crippen MR) is 76.3 cm³/mol. The van der Waals surface area contributed by atoms with E-state index in [1.165, 1.54) is 24.5 Å². The molecular formula is C15H15FN2O4. The average molecular weight is 306 g/mol. The van der Waals surface area contributed by atoms with Gasteiger partial charge in [-0.25, -0.2) is 4.39 Å². The van der Waals surface area contributed by atoms with E-state index in [0.29, 0.717) is 5.76 Å². The van der Waals surface area contributed by atoms with Crippen LogP contribution in [0.5, 0.6) is 0 Å². The lowest BCUT2D eigenvalue weighted by molar-refractivity contribution is -0.136. The highest BCUT2D eigenvalue weighted by Crippen LogP contribution is 2.15. The Morgan fingerprint density at radius 2 is 2.05 bits per heavy atom. The van der Waals surface area contributed by atoms with Crippen molar-refractivity contribution in [3.63, 3.8) is 0 Å². The second-order valence-corrected chi connectivity index (χ2v) is 4.54. The van der Waals surface area contributed by atoms with Gasteiger partial charge in [-0.05, 0) is 36.8 Å². The number of halogens is 1. The molecule has 7 heteroatoms. The SMILES string of the molecule is O=C(NCCC(O)c1ccco1)C(=O)Nc1cccc(F)c1. The largest absolute Gasteiger partial charge is 0.467 e. The fourth-order valence-electron chi connectivity index (χ4n) is 1.78. The molecule has 2 rings (SSSR count). The topological polar surface area (TPSA) is 91.6 Å². The van der Waals surface area contributed by atoms with Gasteiger partial charge in [0.15, 0.2) is 0 Å².